The van der Waals surface area contributed by atoms with Crippen molar-refractivity contribution in [1.82, 2.24) is 4.90 Å². The highest BCUT2D eigenvalue weighted by molar-refractivity contribution is 6.34. The number of carbonyl (C=O) groups excluding carboxylic acids is 2. The highest BCUT2D eigenvalue weighted by atomic mass is 16.5. The predicted molar refractivity (Wildman–Crippen MR) is 90.1 cm³/mol. The molecule has 1 aliphatic rings. The molecule has 1 aliphatic heterocycles. The van der Waals surface area contributed by atoms with Gasteiger partial charge >= 0.3 is 11.8 Å². The second-order valence-electron chi connectivity index (χ2n) is 6.07. The number of nitrogens with zero attached hydrogens (tertiary/aromatic N) is 1. The van der Waals surface area contributed by atoms with Gasteiger partial charge < -0.3 is 20.1 Å². The third-order valence-corrected chi connectivity index (χ3v) is 4.32. The molecule has 1 heterocycles. The van der Waals surface area contributed by atoms with Crippen LogP contribution in [0.5, 0.6) is 0 Å². The SMILES string of the molecule is COCCCCO[C@@H](c1ccccc1)[C@@H]1CCN(C(=O)C(N)=O)C1. The smallest absolute Gasteiger partial charge is 0.311 e. The summed E-state index contributed by atoms with van der Waals surface area (Å²) in [5.74, 6) is -1.34. The first-order valence-electron chi connectivity index (χ1n) is 8.37. The van der Waals surface area contributed by atoms with Crippen LogP contribution in [0, 0.1) is 5.92 Å². The summed E-state index contributed by atoms with van der Waals surface area (Å²) in [6.07, 6.45) is 2.60. The molecule has 0 spiro atoms. The normalized spacial score (nSPS) is 18.5. The van der Waals surface area contributed by atoms with Crippen LogP contribution in [0.1, 0.15) is 30.9 Å². The van der Waals surface area contributed by atoms with Crippen LogP contribution in [-0.2, 0) is 19.1 Å². The van der Waals surface area contributed by atoms with Gasteiger partial charge in [-0.2, -0.15) is 0 Å². The minimum atomic E-state index is -0.896. The van der Waals surface area contributed by atoms with Crippen molar-refractivity contribution < 1.29 is 19.1 Å². The van der Waals surface area contributed by atoms with Gasteiger partial charge in [0, 0.05) is 39.3 Å². The summed E-state index contributed by atoms with van der Waals surface area (Å²) < 4.78 is 11.2. The summed E-state index contributed by atoms with van der Waals surface area (Å²) in [6, 6.07) is 10.0. The van der Waals surface area contributed by atoms with Gasteiger partial charge in [-0.15, -0.1) is 0 Å². The van der Waals surface area contributed by atoms with Crippen molar-refractivity contribution in [3.8, 4) is 0 Å². The maximum absolute atomic E-state index is 11.8. The maximum Gasteiger partial charge on any atom is 0.311 e. The molecule has 0 aliphatic carbocycles. The molecule has 0 radical (unpaired) electrons. The highest BCUT2D eigenvalue weighted by Gasteiger charge is 2.34. The van der Waals surface area contributed by atoms with E-state index >= 15 is 0 Å². The Balaban J connectivity index is 1.98. The summed E-state index contributed by atoms with van der Waals surface area (Å²) in [5, 5.41) is 0. The van der Waals surface area contributed by atoms with E-state index in [0.717, 1.165) is 31.4 Å². The fourth-order valence-electron chi connectivity index (χ4n) is 3.08. The van der Waals surface area contributed by atoms with Gasteiger partial charge in [0.05, 0.1) is 6.10 Å². The Labute approximate surface area is 142 Å². The molecule has 2 atom stereocenters. The van der Waals surface area contributed by atoms with E-state index in [2.05, 4.69) is 0 Å². The first-order valence-corrected chi connectivity index (χ1v) is 8.37. The zero-order valence-electron chi connectivity index (χ0n) is 14.1. The van der Waals surface area contributed by atoms with Crippen LogP contribution in [0.4, 0.5) is 0 Å². The maximum atomic E-state index is 11.8. The zero-order valence-corrected chi connectivity index (χ0v) is 14.1. The molecule has 132 valence electrons. The third kappa shape index (κ3) is 5.04. The van der Waals surface area contributed by atoms with Crippen molar-refractivity contribution in [2.75, 3.05) is 33.4 Å². The number of hydrogen-bond donors (Lipinski definition) is 1. The molecule has 2 amide bonds. The van der Waals surface area contributed by atoms with Crippen molar-refractivity contribution >= 4 is 11.8 Å². The van der Waals surface area contributed by atoms with E-state index in [1.807, 2.05) is 30.3 Å². The topological polar surface area (TPSA) is 81.9 Å². The van der Waals surface area contributed by atoms with Crippen molar-refractivity contribution in [3.63, 3.8) is 0 Å². The number of nitrogens with two attached hydrogens (primary N) is 1. The molecule has 1 aromatic rings. The van der Waals surface area contributed by atoms with Crippen LogP contribution in [0.15, 0.2) is 30.3 Å². The van der Waals surface area contributed by atoms with Gasteiger partial charge in [0.25, 0.3) is 0 Å². The van der Waals surface area contributed by atoms with Crippen LogP contribution in [0.3, 0.4) is 0 Å². The second-order valence-corrected chi connectivity index (χ2v) is 6.07. The third-order valence-electron chi connectivity index (χ3n) is 4.32. The molecule has 24 heavy (non-hydrogen) atoms. The van der Waals surface area contributed by atoms with Gasteiger partial charge in [-0.05, 0) is 24.8 Å². The van der Waals surface area contributed by atoms with Crippen molar-refractivity contribution in [3.05, 3.63) is 35.9 Å². The van der Waals surface area contributed by atoms with Crippen molar-refractivity contribution in [2.45, 2.75) is 25.4 Å². The number of unbranched alkanes of at least 4 members (excludes halogenated alkanes) is 1. The summed E-state index contributed by atoms with van der Waals surface area (Å²) in [5.41, 5.74) is 6.20. The number of benzene rings is 1. The summed E-state index contributed by atoms with van der Waals surface area (Å²) >= 11 is 0. The Bertz CT molecular complexity index is 535. The Morgan fingerprint density at radius 2 is 1.96 bits per heavy atom. The lowest BCUT2D eigenvalue weighted by atomic mass is 9.95. The predicted octanol–water partition coefficient (Wildman–Crippen LogP) is 1.50. The van der Waals surface area contributed by atoms with Crippen LogP contribution in [-0.4, -0.2) is 50.1 Å². The van der Waals surface area contributed by atoms with Gasteiger partial charge in [-0.3, -0.25) is 9.59 Å². The van der Waals surface area contributed by atoms with E-state index in [1.54, 1.807) is 7.11 Å². The van der Waals surface area contributed by atoms with E-state index < -0.39 is 11.8 Å². The molecule has 0 bridgehead atoms. The molecule has 0 saturated carbocycles. The summed E-state index contributed by atoms with van der Waals surface area (Å²) in [4.78, 5) is 24.4. The molecule has 0 aromatic heterocycles. The van der Waals surface area contributed by atoms with Crippen molar-refractivity contribution in [2.24, 2.45) is 11.7 Å². The fraction of sp³-hybridized carbons (Fsp3) is 0.556. The number of methoxy groups -OCH3 is 1. The number of likely N-dealkylation sites (tertiary alicyclic amines) is 1. The minimum absolute atomic E-state index is 0.0839. The molecule has 1 aromatic carbocycles. The Morgan fingerprint density at radius 1 is 1.25 bits per heavy atom. The number of rotatable bonds is 8. The fourth-order valence-corrected chi connectivity index (χ4v) is 3.08. The second kappa shape index (κ2) is 9.39. The lowest BCUT2D eigenvalue weighted by Gasteiger charge is -2.25. The Morgan fingerprint density at radius 3 is 2.62 bits per heavy atom. The van der Waals surface area contributed by atoms with Crippen LogP contribution >= 0.6 is 0 Å². The molecule has 1 fully saturated rings. The Kier molecular flexibility index (Phi) is 7.21. The highest BCUT2D eigenvalue weighted by Crippen LogP contribution is 2.33. The number of ether oxygens (including phenoxy) is 2. The molecule has 2 rings (SSSR count). The van der Waals surface area contributed by atoms with E-state index in [1.165, 1.54) is 4.90 Å². The number of carbonyl (C=O) groups is 2. The van der Waals surface area contributed by atoms with Gasteiger partial charge in [0.15, 0.2) is 0 Å². The van der Waals surface area contributed by atoms with E-state index in [-0.39, 0.29) is 12.0 Å². The molecule has 6 nitrogen and oxygen atoms in total. The first kappa shape index (κ1) is 18.4. The van der Waals surface area contributed by atoms with E-state index in [0.29, 0.717) is 19.7 Å². The lowest BCUT2D eigenvalue weighted by Crippen LogP contribution is -2.39. The van der Waals surface area contributed by atoms with Gasteiger partial charge in [0.2, 0.25) is 0 Å². The van der Waals surface area contributed by atoms with E-state index in [9.17, 15) is 9.59 Å². The van der Waals surface area contributed by atoms with Crippen molar-refractivity contribution in [1.29, 1.82) is 0 Å². The van der Waals surface area contributed by atoms with Crippen LogP contribution in [0.2, 0.25) is 0 Å². The molecule has 6 heteroatoms. The minimum Gasteiger partial charge on any atom is -0.385 e. The largest absolute Gasteiger partial charge is 0.385 e. The average Bonchev–Trinajstić information content (AvgIpc) is 3.07. The summed E-state index contributed by atoms with van der Waals surface area (Å²) in [6.45, 7) is 2.41. The van der Waals surface area contributed by atoms with Crippen LogP contribution < -0.4 is 5.73 Å². The average molecular weight is 334 g/mol. The standard InChI is InChI=1S/C18H26N2O4/c1-23-11-5-6-12-24-16(14-7-3-2-4-8-14)15-9-10-20(13-15)18(22)17(19)21/h2-4,7-8,15-16H,5-6,9-13H2,1H3,(H2,19,21)/t15-,16+/m1/s1. The van der Waals surface area contributed by atoms with Gasteiger partial charge in [-0.25, -0.2) is 0 Å². The van der Waals surface area contributed by atoms with Gasteiger partial charge in [-0.1, -0.05) is 30.3 Å². The zero-order chi connectivity index (χ0) is 17.4. The first-order chi connectivity index (χ1) is 11.6. The summed E-state index contributed by atoms with van der Waals surface area (Å²) in [7, 11) is 1.69. The molecule has 1 saturated heterocycles. The van der Waals surface area contributed by atoms with E-state index in [4.69, 9.17) is 15.2 Å². The molecular formula is C18H26N2O4. The molecular weight excluding hydrogens is 308 g/mol. The molecule has 2 N–H and O–H groups in total. The number of amides is 2. The quantitative estimate of drug-likeness (QED) is 0.577. The number of hydrogen-bond acceptors (Lipinski definition) is 4. The monoisotopic (exact) mass is 334 g/mol. The molecule has 0 unspecified atom stereocenters. The number of primary amides is 1. The Hall–Kier alpha value is -1.92. The van der Waals surface area contributed by atoms with Gasteiger partial charge in [0.1, 0.15) is 0 Å². The van der Waals surface area contributed by atoms with Crippen LogP contribution in [0.25, 0.3) is 0 Å². The lowest BCUT2D eigenvalue weighted by molar-refractivity contribution is -0.143.